The maximum atomic E-state index is 12.0. The molecule has 0 aromatic heterocycles. The molecule has 0 unspecified atom stereocenters. The third kappa shape index (κ3) is 5.62. The topological polar surface area (TPSA) is 70.2 Å². The molecule has 0 spiro atoms. The fourth-order valence-electron chi connectivity index (χ4n) is 2.62. The van der Waals surface area contributed by atoms with Crippen molar-refractivity contribution >= 4 is 17.5 Å². The molecule has 0 fully saturated rings. The van der Waals surface area contributed by atoms with Crippen LogP contribution in [0.3, 0.4) is 0 Å². The van der Waals surface area contributed by atoms with Gasteiger partial charge in [0.25, 0.3) is 5.91 Å². The standard InChI is InChI=1S/C21H27N3O2/c1-15(2)17-10-8-16(9-11-17)12-13-23-20(25)14-24-19-7-5-4-6-18(19)21(26)22-3/h4-11,15,24H,12-14H2,1-3H3,(H,22,26)(H,23,25). The van der Waals surface area contributed by atoms with Crippen LogP contribution < -0.4 is 16.0 Å². The van der Waals surface area contributed by atoms with Gasteiger partial charge in [0.1, 0.15) is 0 Å². The van der Waals surface area contributed by atoms with E-state index in [1.165, 1.54) is 11.1 Å². The first-order valence-corrected chi connectivity index (χ1v) is 8.91. The molecule has 0 aliphatic heterocycles. The third-order valence-corrected chi connectivity index (χ3v) is 4.22. The average Bonchev–Trinajstić information content (AvgIpc) is 2.66. The predicted octanol–water partition coefficient (Wildman–Crippen LogP) is 2.94. The van der Waals surface area contributed by atoms with Gasteiger partial charge in [-0.3, -0.25) is 9.59 Å². The number of benzene rings is 2. The zero-order chi connectivity index (χ0) is 18.9. The van der Waals surface area contributed by atoms with E-state index in [2.05, 4.69) is 54.1 Å². The van der Waals surface area contributed by atoms with Gasteiger partial charge in [-0.05, 0) is 35.6 Å². The SMILES string of the molecule is CNC(=O)c1ccccc1NCC(=O)NCCc1ccc(C(C)C)cc1. The number of hydrogen-bond donors (Lipinski definition) is 3. The van der Waals surface area contributed by atoms with Crippen LogP contribution in [-0.2, 0) is 11.2 Å². The maximum absolute atomic E-state index is 12.0. The van der Waals surface area contributed by atoms with Gasteiger partial charge in [-0.25, -0.2) is 0 Å². The highest BCUT2D eigenvalue weighted by Crippen LogP contribution is 2.15. The number of carbonyl (C=O) groups excluding carboxylic acids is 2. The Kier molecular flexibility index (Phi) is 7.21. The third-order valence-electron chi connectivity index (χ3n) is 4.22. The Labute approximate surface area is 155 Å². The smallest absolute Gasteiger partial charge is 0.253 e. The van der Waals surface area contributed by atoms with Crippen LogP contribution in [-0.4, -0.2) is 32.0 Å². The Hall–Kier alpha value is -2.82. The molecule has 2 aromatic carbocycles. The van der Waals surface area contributed by atoms with Gasteiger partial charge in [-0.1, -0.05) is 50.2 Å². The second kappa shape index (κ2) is 9.61. The van der Waals surface area contributed by atoms with E-state index in [0.717, 1.165) is 6.42 Å². The van der Waals surface area contributed by atoms with Crippen LogP contribution in [0.15, 0.2) is 48.5 Å². The summed E-state index contributed by atoms with van der Waals surface area (Å²) in [6.07, 6.45) is 0.791. The molecule has 0 radical (unpaired) electrons. The van der Waals surface area contributed by atoms with Gasteiger partial charge in [0.15, 0.2) is 0 Å². The minimum atomic E-state index is -0.182. The molecule has 2 rings (SSSR count). The lowest BCUT2D eigenvalue weighted by atomic mass is 10.0. The molecule has 138 valence electrons. The van der Waals surface area contributed by atoms with Crippen LogP contribution in [0.4, 0.5) is 5.69 Å². The fraction of sp³-hybridized carbons (Fsp3) is 0.333. The molecule has 0 aliphatic carbocycles. The second-order valence-corrected chi connectivity index (χ2v) is 6.47. The quantitative estimate of drug-likeness (QED) is 0.683. The van der Waals surface area contributed by atoms with Crippen molar-refractivity contribution in [1.29, 1.82) is 0 Å². The number of rotatable bonds is 8. The average molecular weight is 353 g/mol. The maximum Gasteiger partial charge on any atom is 0.253 e. The summed E-state index contributed by atoms with van der Waals surface area (Å²) in [5.74, 6) is 0.237. The molecule has 2 amide bonds. The minimum Gasteiger partial charge on any atom is -0.376 e. The van der Waals surface area contributed by atoms with Crippen molar-refractivity contribution in [1.82, 2.24) is 10.6 Å². The molecular formula is C21H27N3O2. The van der Waals surface area contributed by atoms with Crippen LogP contribution in [0, 0.1) is 0 Å². The highest BCUT2D eigenvalue weighted by atomic mass is 16.2. The van der Waals surface area contributed by atoms with Crippen LogP contribution in [0.5, 0.6) is 0 Å². The molecule has 5 heteroatoms. The number of nitrogens with one attached hydrogen (secondary N) is 3. The number of anilines is 1. The van der Waals surface area contributed by atoms with Crippen molar-refractivity contribution in [2.24, 2.45) is 0 Å². The van der Waals surface area contributed by atoms with Crippen molar-refractivity contribution in [3.63, 3.8) is 0 Å². The molecule has 0 saturated heterocycles. The number of carbonyl (C=O) groups is 2. The van der Waals surface area contributed by atoms with Gasteiger partial charge < -0.3 is 16.0 Å². The van der Waals surface area contributed by atoms with Crippen molar-refractivity contribution in [3.05, 3.63) is 65.2 Å². The lowest BCUT2D eigenvalue weighted by Gasteiger charge is -2.11. The van der Waals surface area contributed by atoms with Crippen LogP contribution in [0.1, 0.15) is 41.3 Å². The first kappa shape index (κ1) is 19.5. The zero-order valence-corrected chi connectivity index (χ0v) is 15.6. The lowest BCUT2D eigenvalue weighted by Crippen LogP contribution is -2.32. The Morgan fingerprint density at radius 1 is 1.00 bits per heavy atom. The van der Waals surface area contributed by atoms with E-state index in [-0.39, 0.29) is 18.4 Å². The fourth-order valence-corrected chi connectivity index (χ4v) is 2.62. The zero-order valence-electron chi connectivity index (χ0n) is 15.6. The lowest BCUT2D eigenvalue weighted by molar-refractivity contribution is -0.119. The second-order valence-electron chi connectivity index (χ2n) is 6.47. The van der Waals surface area contributed by atoms with Gasteiger partial charge in [0, 0.05) is 19.3 Å². The normalized spacial score (nSPS) is 10.5. The summed E-state index contributed by atoms with van der Waals surface area (Å²) in [5.41, 5.74) is 3.68. The number of para-hydroxylation sites is 1. The Morgan fingerprint density at radius 2 is 1.69 bits per heavy atom. The van der Waals surface area contributed by atoms with E-state index in [9.17, 15) is 9.59 Å². The van der Waals surface area contributed by atoms with Gasteiger partial charge in [-0.2, -0.15) is 0 Å². The molecule has 0 saturated carbocycles. The highest BCUT2D eigenvalue weighted by molar-refractivity contribution is 5.99. The molecule has 5 nitrogen and oxygen atoms in total. The number of hydrogen-bond acceptors (Lipinski definition) is 3. The van der Waals surface area contributed by atoms with E-state index < -0.39 is 0 Å². The molecule has 2 aromatic rings. The van der Waals surface area contributed by atoms with Crippen LogP contribution >= 0.6 is 0 Å². The van der Waals surface area contributed by atoms with Crippen molar-refractivity contribution in [3.8, 4) is 0 Å². The molecule has 0 atom stereocenters. The van der Waals surface area contributed by atoms with Gasteiger partial charge in [-0.15, -0.1) is 0 Å². The summed E-state index contributed by atoms with van der Waals surface area (Å²) in [6, 6.07) is 15.6. The molecule has 3 N–H and O–H groups in total. The largest absolute Gasteiger partial charge is 0.376 e. The summed E-state index contributed by atoms with van der Waals surface area (Å²) in [4.78, 5) is 23.8. The number of amides is 2. The summed E-state index contributed by atoms with van der Waals surface area (Å²) in [6.45, 7) is 5.05. The van der Waals surface area contributed by atoms with Crippen LogP contribution in [0.2, 0.25) is 0 Å². The van der Waals surface area contributed by atoms with E-state index in [4.69, 9.17) is 0 Å². The Balaban J connectivity index is 1.78. The van der Waals surface area contributed by atoms with E-state index in [0.29, 0.717) is 23.7 Å². The molecular weight excluding hydrogens is 326 g/mol. The summed E-state index contributed by atoms with van der Waals surface area (Å²) in [7, 11) is 1.58. The summed E-state index contributed by atoms with van der Waals surface area (Å²) in [5, 5.41) is 8.52. The molecule has 0 bridgehead atoms. The monoisotopic (exact) mass is 353 g/mol. The Bertz CT molecular complexity index is 739. The summed E-state index contributed by atoms with van der Waals surface area (Å²) < 4.78 is 0. The van der Waals surface area contributed by atoms with Crippen LogP contribution in [0.25, 0.3) is 0 Å². The highest BCUT2D eigenvalue weighted by Gasteiger charge is 2.10. The van der Waals surface area contributed by atoms with Gasteiger partial charge >= 0.3 is 0 Å². The summed E-state index contributed by atoms with van der Waals surface area (Å²) >= 11 is 0. The van der Waals surface area contributed by atoms with E-state index in [1.807, 2.05) is 6.07 Å². The first-order chi connectivity index (χ1) is 12.5. The molecule has 0 aliphatic rings. The predicted molar refractivity (Wildman–Crippen MR) is 106 cm³/mol. The molecule has 26 heavy (non-hydrogen) atoms. The van der Waals surface area contributed by atoms with Crippen molar-refractivity contribution < 1.29 is 9.59 Å². The van der Waals surface area contributed by atoms with E-state index in [1.54, 1.807) is 25.2 Å². The van der Waals surface area contributed by atoms with Gasteiger partial charge in [0.2, 0.25) is 5.91 Å². The van der Waals surface area contributed by atoms with E-state index >= 15 is 0 Å². The minimum absolute atomic E-state index is 0.101. The van der Waals surface area contributed by atoms with Gasteiger partial charge in [0.05, 0.1) is 12.1 Å². The first-order valence-electron chi connectivity index (χ1n) is 8.91. The van der Waals surface area contributed by atoms with Crippen molar-refractivity contribution in [2.45, 2.75) is 26.2 Å². The van der Waals surface area contributed by atoms with Crippen molar-refractivity contribution in [2.75, 3.05) is 25.5 Å². The molecule has 0 heterocycles. The Morgan fingerprint density at radius 3 is 2.35 bits per heavy atom.